The van der Waals surface area contributed by atoms with Crippen molar-refractivity contribution in [1.29, 1.82) is 0 Å². The Balaban J connectivity index is 1.66. The fraction of sp³-hybridized carbons (Fsp3) is 0.167. The van der Waals surface area contributed by atoms with Crippen molar-refractivity contribution >= 4 is 29.0 Å². The van der Waals surface area contributed by atoms with E-state index in [1.54, 1.807) is 5.51 Å². The van der Waals surface area contributed by atoms with Crippen molar-refractivity contribution in [2.75, 3.05) is 5.75 Å². The molecule has 1 amide bonds. The van der Waals surface area contributed by atoms with E-state index in [0.717, 1.165) is 16.3 Å². The van der Waals surface area contributed by atoms with Crippen LogP contribution in [0.5, 0.6) is 0 Å². The summed E-state index contributed by atoms with van der Waals surface area (Å²) in [6.07, 6.45) is 0.764. The van der Waals surface area contributed by atoms with Gasteiger partial charge in [0.1, 0.15) is 5.51 Å². The zero-order chi connectivity index (χ0) is 16.6. The molecule has 0 saturated heterocycles. The van der Waals surface area contributed by atoms with Gasteiger partial charge in [0.05, 0.1) is 11.8 Å². The van der Waals surface area contributed by atoms with Gasteiger partial charge >= 0.3 is 0 Å². The van der Waals surface area contributed by atoms with E-state index in [9.17, 15) is 4.79 Å². The van der Waals surface area contributed by atoms with Gasteiger partial charge in [-0.1, -0.05) is 83.8 Å². The van der Waals surface area contributed by atoms with Crippen LogP contribution in [0.4, 0.5) is 0 Å². The Hall–Kier alpha value is -2.18. The maximum absolute atomic E-state index is 12.3. The lowest BCUT2D eigenvalue weighted by atomic mass is 9.99. The molecule has 0 aliphatic carbocycles. The van der Waals surface area contributed by atoms with E-state index in [-0.39, 0.29) is 11.9 Å². The number of rotatable bonds is 7. The molecule has 0 aliphatic rings. The number of aromatic nitrogens is 2. The lowest BCUT2D eigenvalue weighted by Crippen LogP contribution is -2.31. The highest BCUT2D eigenvalue weighted by Crippen LogP contribution is 2.21. The maximum Gasteiger partial charge on any atom is 0.230 e. The van der Waals surface area contributed by atoms with Crippen LogP contribution in [0.15, 0.2) is 70.5 Å². The molecule has 3 aromatic rings. The fourth-order valence-corrected chi connectivity index (χ4v) is 3.68. The number of nitrogens with one attached hydrogen (secondary N) is 1. The zero-order valence-electron chi connectivity index (χ0n) is 13.0. The normalized spacial score (nSPS) is 11.8. The lowest BCUT2D eigenvalue weighted by molar-refractivity contribution is -0.119. The third-order valence-electron chi connectivity index (χ3n) is 3.49. The van der Waals surface area contributed by atoms with E-state index >= 15 is 0 Å². The minimum absolute atomic E-state index is 0.0000146. The molecule has 1 atom stereocenters. The average molecular weight is 355 g/mol. The highest BCUT2D eigenvalue weighted by atomic mass is 32.2. The number of hydrogen-bond acceptors (Lipinski definition) is 5. The van der Waals surface area contributed by atoms with E-state index < -0.39 is 0 Å². The standard InChI is InChI=1S/C18H17N3OS2/c22-17(12-23-18-21-19-13-24-18)20-16(15-9-5-2-6-10-15)11-14-7-3-1-4-8-14/h1-10,13,16H,11-12H2,(H,20,22)/t16-/m1/s1. The predicted octanol–water partition coefficient (Wildman–Crippen LogP) is 3.73. The molecule has 122 valence electrons. The number of amides is 1. The third kappa shape index (κ3) is 4.91. The zero-order valence-corrected chi connectivity index (χ0v) is 14.6. The molecule has 0 unspecified atom stereocenters. The molecule has 0 radical (unpaired) electrons. The van der Waals surface area contributed by atoms with Crippen molar-refractivity contribution < 1.29 is 4.79 Å². The summed E-state index contributed by atoms with van der Waals surface area (Å²) in [5, 5.41) is 10.9. The highest BCUT2D eigenvalue weighted by Gasteiger charge is 2.15. The summed E-state index contributed by atoms with van der Waals surface area (Å²) in [6, 6.07) is 20.2. The molecule has 3 rings (SSSR count). The van der Waals surface area contributed by atoms with E-state index in [1.165, 1.54) is 28.7 Å². The van der Waals surface area contributed by atoms with Gasteiger partial charge in [-0.05, 0) is 17.5 Å². The van der Waals surface area contributed by atoms with E-state index in [1.807, 2.05) is 48.5 Å². The average Bonchev–Trinajstić information content (AvgIpc) is 3.15. The SMILES string of the molecule is O=C(CSc1nncs1)N[C@H](Cc1ccccc1)c1ccccc1. The molecule has 0 saturated carbocycles. The Bertz CT molecular complexity index is 748. The second-order valence-electron chi connectivity index (χ2n) is 5.21. The van der Waals surface area contributed by atoms with Crippen molar-refractivity contribution in [3.05, 3.63) is 77.3 Å². The van der Waals surface area contributed by atoms with Crippen LogP contribution >= 0.6 is 23.1 Å². The van der Waals surface area contributed by atoms with Gasteiger partial charge in [0.25, 0.3) is 0 Å². The molecule has 6 heteroatoms. The van der Waals surface area contributed by atoms with Gasteiger partial charge in [-0.15, -0.1) is 10.2 Å². The second kappa shape index (κ2) is 8.61. The summed E-state index contributed by atoms with van der Waals surface area (Å²) in [7, 11) is 0. The van der Waals surface area contributed by atoms with Gasteiger partial charge in [-0.25, -0.2) is 0 Å². The molecular formula is C18H17N3OS2. The molecule has 1 aromatic heterocycles. The first-order chi connectivity index (χ1) is 11.8. The number of carbonyl (C=O) groups is 1. The first kappa shape index (κ1) is 16.7. The molecule has 2 aromatic carbocycles. The summed E-state index contributed by atoms with van der Waals surface area (Å²) in [6.45, 7) is 0. The van der Waals surface area contributed by atoms with E-state index in [2.05, 4.69) is 27.6 Å². The van der Waals surface area contributed by atoms with Crippen molar-refractivity contribution in [2.45, 2.75) is 16.8 Å². The first-order valence-electron chi connectivity index (χ1n) is 7.58. The van der Waals surface area contributed by atoms with Crippen LogP contribution in [0.1, 0.15) is 17.2 Å². The van der Waals surface area contributed by atoms with Crippen LogP contribution in [0.25, 0.3) is 0 Å². The monoisotopic (exact) mass is 355 g/mol. The number of nitrogens with zero attached hydrogens (tertiary/aromatic N) is 2. The van der Waals surface area contributed by atoms with Gasteiger partial charge in [-0.2, -0.15) is 0 Å². The molecule has 0 spiro atoms. The lowest BCUT2D eigenvalue weighted by Gasteiger charge is -2.19. The van der Waals surface area contributed by atoms with E-state index in [0.29, 0.717) is 5.75 Å². The summed E-state index contributed by atoms with van der Waals surface area (Å²) in [5.41, 5.74) is 3.97. The quantitative estimate of drug-likeness (QED) is 0.656. The molecule has 1 N–H and O–H groups in total. The van der Waals surface area contributed by atoms with Gasteiger partial charge in [0, 0.05) is 0 Å². The van der Waals surface area contributed by atoms with Gasteiger partial charge in [0.15, 0.2) is 4.34 Å². The highest BCUT2D eigenvalue weighted by molar-refractivity contribution is 8.01. The first-order valence-corrected chi connectivity index (χ1v) is 9.45. The fourth-order valence-electron chi connectivity index (χ4n) is 2.38. The summed E-state index contributed by atoms with van der Waals surface area (Å²) < 4.78 is 0.810. The van der Waals surface area contributed by atoms with Crippen LogP contribution in [-0.4, -0.2) is 21.9 Å². The van der Waals surface area contributed by atoms with Crippen LogP contribution in [-0.2, 0) is 11.2 Å². The molecule has 0 fully saturated rings. The van der Waals surface area contributed by atoms with Crippen LogP contribution in [0.3, 0.4) is 0 Å². The minimum Gasteiger partial charge on any atom is -0.348 e. The van der Waals surface area contributed by atoms with Crippen LogP contribution < -0.4 is 5.32 Å². The second-order valence-corrected chi connectivity index (χ2v) is 7.27. The molecule has 24 heavy (non-hydrogen) atoms. The van der Waals surface area contributed by atoms with Gasteiger partial charge in [0.2, 0.25) is 5.91 Å². The van der Waals surface area contributed by atoms with E-state index in [4.69, 9.17) is 0 Å². The van der Waals surface area contributed by atoms with Crippen molar-refractivity contribution in [1.82, 2.24) is 15.5 Å². The van der Waals surface area contributed by atoms with Crippen molar-refractivity contribution in [3.63, 3.8) is 0 Å². The summed E-state index contributed by atoms with van der Waals surface area (Å²) in [5.74, 6) is 0.341. The summed E-state index contributed by atoms with van der Waals surface area (Å²) >= 11 is 2.86. The molecule has 0 bridgehead atoms. The van der Waals surface area contributed by atoms with Gasteiger partial charge < -0.3 is 5.32 Å². The van der Waals surface area contributed by atoms with Crippen LogP contribution in [0, 0.1) is 0 Å². The molecular weight excluding hydrogens is 338 g/mol. The summed E-state index contributed by atoms with van der Waals surface area (Å²) in [4.78, 5) is 12.3. The topological polar surface area (TPSA) is 54.9 Å². The molecule has 1 heterocycles. The number of carbonyl (C=O) groups excluding carboxylic acids is 1. The largest absolute Gasteiger partial charge is 0.348 e. The molecule has 4 nitrogen and oxygen atoms in total. The molecule has 0 aliphatic heterocycles. The smallest absolute Gasteiger partial charge is 0.230 e. The third-order valence-corrected chi connectivity index (χ3v) is 5.35. The minimum atomic E-state index is -0.0453. The Morgan fingerprint density at radius 1 is 1.08 bits per heavy atom. The number of hydrogen-bond donors (Lipinski definition) is 1. The Labute approximate surface area is 149 Å². The van der Waals surface area contributed by atoms with Crippen molar-refractivity contribution in [2.24, 2.45) is 0 Å². The van der Waals surface area contributed by atoms with Crippen molar-refractivity contribution in [3.8, 4) is 0 Å². The van der Waals surface area contributed by atoms with Crippen LogP contribution in [0.2, 0.25) is 0 Å². The Morgan fingerprint density at radius 3 is 2.46 bits per heavy atom. The Morgan fingerprint density at radius 2 is 1.79 bits per heavy atom. The number of thioether (sulfide) groups is 1. The van der Waals surface area contributed by atoms with Gasteiger partial charge in [-0.3, -0.25) is 4.79 Å². The Kier molecular flexibility index (Phi) is 5.98. The predicted molar refractivity (Wildman–Crippen MR) is 98.1 cm³/mol. The number of benzene rings is 2. The maximum atomic E-state index is 12.3.